The number of esters is 1. The second-order valence-electron chi connectivity index (χ2n) is 6.32. The molecular weight excluding hydrogens is 268 g/mol. The van der Waals surface area contributed by atoms with Crippen LogP contribution in [0.4, 0.5) is 0 Å². The number of hydrogen-bond acceptors (Lipinski definition) is 4. The number of pyridine rings is 1. The van der Waals surface area contributed by atoms with Gasteiger partial charge < -0.3 is 9.64 Å². The standard InChI is InChI=1S/C16H22N2O3/c1-16(2,3)21-15(20)13-7-5-9-18(13)14(19)10-12-6-4-8-17-11-12/h4,6,8,11,13H,5,7,9-10H2,1-3H3/t13-/m0/s1. The molecule has 114 valence electrons. The first-order chi connectivity index (χ1) is 9.87. The van der Waals surface area contributed by atoms with Gasteiger partial charge in [0.05, 0.1) is 6.42 Å². The average Bonchev–Trinajstić information content (AvgIpc) is 2.87. The van der Waals surface area contributed by atoms with Crippen molar-refractivity contribution < 1.29 is 14.3 Å². The minimum Gasteiger partial charge on any atom is -0.458 e. The van der Waals surface area contributed by atoms with E-state index in [9.17, 15) is 9.59 Å². The van der Waals surface area contributed by atoms with Crippen LogP contribution in [0.15, 0.2) is 24.5 Å². The molecule has 5 heteroatoms. The lowest BCUT2D eigenvalue weighted by molar-refractivity contribution is -0.163. The zero-order valence-corrected chi connectivity index (χ0v) is 12.8. The van der Waals surface area contributed by atoms with Crippen LogP contribution >= 0.6 is 0 Å². The zero-order chi connectivity index (χ0) is 15.5. The lowest BCUT2D eigenvalue weighted by atomic mass is 10.1. The number of amides is 1. The normalized spacial score (nSPS) is 18.6. The van der Waals surface area contributed by atoms with E-state index in [4.69, 9.17) is 4.74 Å². The Kier molecular flexibility index (Phi) is 4.60. The molecule has 2 rings (SSSR count). The Morgan fingerprint density at radius 3 is 2.81 bits per heavy atom. The molecule has 1 atom stereocenters. The second-order valence-corrected chi connectivity index (χ2v) is 6.32. The molecule has 0 saturated carbocycles. The van der Waals surface area contributed by atoms with Crippen molar-refractivity contribution >= 4 is 11.9 Å². The lowest BCUT2D eigenvalue weighted by Gasteiger charge is -2.27. The Morgan fingerprint density at radius 2 is 2.19 bits per heavy atom. The molecule has 5 nitrogen and oxygen atoms in total. The Hall–Kier alpha value is -1.91. The van der Waals surface area contributed by atoms with Crippen LogP contribution in [0.2, 0.25) is 0 Å². The van der Waals surface area contributed by atoms with Gasteiger partial charge in [-0.1, -0.05) is 6.07 Å². The third kappa shape index (κ3) is 4.28. The van der Waals surface area contributed by atoms with Crippen LogP contribution in [0.1, 0.15) is 39.2 Å². The smallest absolute Gasteiger partial charge is 0.329 e. The molecule has 1 aromatic rings. The Balaban J connectivity index is 2.01. The predicted octanol–water partition coefficient (Wildman–Crippen LogP) is 1.96. The summed E-state index contributed by atoms with van der Waals surface area (Å²) in [5, 5.41) is 0. The van der Waals surface area contributed by atoms with Crippen molar-refractivity contribution in [3.05, 3.63) is 30.1 Å². The number of likely N-dealkylation sites (tertiary alicyclic amines) is 1. The van der Waals surface area contributed by atoms with E-state index in [0.29, 0.717) is 13.0 Å². The summed E-state index contributed by atoms with van der Waals surface area (Å²) in [6.45, 7) is 6.12. The van der Waals surface area contributed by atoms with Crippen molar-refractivity contribution in [3.8, 4) is 0 Å². The van der Waals surface area contributed by atoms with Crippen molar-refractivity contribution in [1.29, 1.82) is 0 Å². The molecular formula is C16H22N2O3. The first-order valence-corrected chi connectivity index (χ1v) is 7.28. The third-order valence-electron chi connectivity index (χ3n) is 3.33. The lowest BCUT2D eigenvalue weighted by Crippen LogP contribution is -2.44. The van der Waals surface area contributed by atoms with Gasteiger partial charge >= 0.3 is 5.97 Å². The Bertz CT molecular complexity index is 508. The van der Waals surface area contributed by atoms with Gasteiger partial charge in [0.15, 0.2) is 0 Å². The number of rotatable bonds is 3. The van der Waals surface area contributed by atoms with E-state index in [2.05, 4.69) is 4.98 Å². The molecule has 1 aliphatic rings. The molecule has 0 aliphatic carbocycles. The number of carbonyl (C=O) groups excluding carboxylic acids is 2. The maximum atomic E-state index is 12.4. The molecule has 0 radical (unpaired) electrons. The molecule has 1 saturated heterocycles. The third-order valence-corrected chi connectivity index (χ3v) is 3.33. The van der Waals surface area contributed by atoms with Crippen molar-refractivity contribution in [2.24, 2.45) is 0 Å². The fourth-order valence-corrected chi connectivity index (χ4v) is 2.46. The van der Waals surface area contributed by atoms with Gasteiger partial charge in [-0.2, -0.15) is 0 Å². The quantitative estimate of drug-likeness (QED) is 0.798. The molecule has 1 fully saturated rings. The fraction of sp³-hybridized carbons (Fsp3) is 0.562. The van der Waals surface area contributed by atoms with Crippen molar-refractivity contribution in [1.82, 2.24) is 9.88 Å². The summed E-state index contributed by atoms with van der Waals surface area (Å²) in [6.07, 6.45) is 5.13. The highest BCUT2D eigenvalue weighted by Gasteiger charge is 2.36. The van der Waals surface area contributed by atoms with Crippen LogP contribution in [-0.2, 0) is 20.7 Å². The highest BCUT2D eigenvalue weighted by atomic mass is 16.6. The van der Waals surface area contributed by atoms with Crippen LogP contribution in [-0.4, -0.2) is 39.9 Å². The summed E-state index contributed by atoms with van der Waals surface area (Å²) < 4.78 is 5.41. The van der Waals surface area contributed by atoms with E-state index in [1.165, 1.54) is 0 Å². The van der Waals surface area contributed by atoms with Crippen LogP contribution in [0, 0.1) is 0 Å². The molecule has 0 spiro atoms. The number of ether oxygens (including phenoxy) is 1. The molecule has 0 N–H and O–H groups in total. The van der Waals surface area contributed by atoms with Crippen molar-refractivity contribution in [2.45, 2.75) is 51.7 Å². The summed E-state index contributed by atoms with van der Waals surface area (Å²) in [4.78, 5) is 30.2. The van der Waals surface area contributed by atoms with Crippen molar-refractivity contribution in [2.75, 3.05) is 6.54 Å². The van der Waals surface area contributed by atoms with Gasteiger partial charge in [-0.15, -0.1) is 0 Å². The van der Waals surface area contributed by atoms with Gasteiger partial charge in [-0.05, 0) is 45.2 Å². The van der Waals surface area contributed by atoms with Crippen molar-refractivity contribution in [3.63, 3.8) is 0 Å². The van der Waals surface area contributed by atoms with E-state index < -0.39 is 11.6 Å². The van der Waals surface area contributed by atoms with Gasteiger partial charge in [-0.25, -0.2) is 4.79 Å². The first-order valence-electron chi connectivity index (χ1n) is 7.28. The molecule has 0 aromatic carbocycles. The largest absolute Gasteiger partial charge is 0.458 e. The molecule has 1 aromatic heterocycles. The van der Waals surface area contributed by atoms with Crippen LogP contribution < -0.4 is 0 Å². The maximum absolute atomic E-state index is 12.4. The zero-order valence-electron chi connectivity index (χ0n) is 12.8. The number of aromatic nitrogens is 1. The fourth-order valence-electron chi connectivity index (χ4n) is 2.46. The minimum atomic E-state index is -0.530. The summed E-state index contributed by atoms with van der Waals surface area (Å²) in [7, 11) is 0. The second kappa shape index (κ2) is 6.24. The van der Waals surface area contributed by atoms with E-state index in [-0.39, 0.29) is 18.3 Å². The van der Waals surface area contributed by atoms with E-state index in [0.717, 1.165) is 12.0 Å². The molecule has 1 amide bonds. The van der Waals surface area contributed by atoms with Crippen LogP contribution in [0.25, 0.3) is 0 Å². The molecule has 0 bridgehead atoms. The number of hydrogen-bond donors (Lipinski definition) is 0. The minimum absolute atomic E-state index is 0.0450. The summed E-state index contributed by atoms with van der Waals surface area (Å²) in [5.74, 6) is -0.351. The van der Waals surface area contributed by atoms with Crippen LogP contribution in [0.5, 0.6) is 0 Å². The van der Waals surface area contributed by atoms with E-state index >= 15 is 0 Å². The monoisotopic (exact) mass is 290 g/mol. The molecule has 0 unspecified atom stereocenters. The molecule has 21 heavy (non-hydrogen) atoms. The van der Waals surface area contributed by atoms with Crippen LogP contribution in [0.3, 0.4) is 0 Å². The predicted molar refractivity (Wildman–Crippen MR) is 78.5 cm³/mol. The summed E-state index contributed by atoms with van der Waals surface area (Å²) >= 11 is 0. The van der Waals surface area contributed by atoms with E-state index in [1.807, 2.05) is 26.8 Å². The van der Waals surface area contributed by atoms with Gasteiger partial charge in [0.2, 0.25) is 5.91 Å². The SMILES string of the molecule is CC(C)(C)OC(=O)[C@@H]1CCCN1C(=O)Cc1cccnc1. The van der Waals surface area contributed by atoms with E-state index in [1.54, 1.807) is 23.4 Å². The highest BCUT2D eigenvalue weighted by Crippen LogP contribution is 2.22. The maximum Gasteiger partial charge on any atom is 0.329 e. The Morgan fingerprint density at radius 1 is 1.43 bits per heavy atom. The summed E-state index contributed by atoms with van der Waals surface area (Å²) in [6, 6.07) is 3.22. The molecule has 2 heterocycles. The topological polar surface area (TPSA) is 59.5 Å². The van der Waals surface area contributed by atoms with Gasteiger partial charge in [0.25, 0.3) is 0 Å². The van der Waals surface area contributed by atoms with Gasteiger partial charge in [-0.3, -0.25) is 9.78 Å². The molecule has 1 aliphatic heterocycles. The van der Waals surface area contributed by atoms with Gasteiger partial charge in [0.1, 0.15) is 11.6 Å². The highest BCUT2D eigenvalue weighted by molar-refractivity contribution is 5.86. The summed E-state index contributed by atoms with van der Waals surface area (Å²) in [5.41, 5.74) is 0.329. The number of nitrogens with zero attached hydrogens (tertiary/aromatic N) is 2. The first kappa shape index (κ1) is 15.5. The van der Waals surface area contributed by atoms with Gasteiger partial charge in [0, 0.05) is 18.9 Å². The number of carbonyl (C=O) groups is 2. The average molecular weight is 290 g/mol. The Labute approximate surface area is 125 Å².